The van der Waals surface area contributed by atoms with Crippen LogP contribution < -0.4 is 10.6 Å². The normalized spacial score (nSPS) is 16.8. The van der Waals surface area contributed by atoms with E-state index in [1.165, 1.54) is 29.2 Å². The van der Waals surface area contributed by atoms with Gasteiger partial charge in [0.1, 0.15) is 6.54 Å². The summed E-state index contributed by atoms with van der Waals surface area (Å²) in [4.78, 5) is 24.0. The zero-order valence-corrected chi connectivity index (χ0v) is 14.8. The van der Waals surface area contributed by atoms with E-state index in [4.69, 9.17) is 4.74 Å². The molecule has 2 heterocycles. The Balaban J connectivity index is 1.51. The van der Waals surface area contributed by atoms with Crippen LogP contribution in [-0.2, 0) is 27.0 Å². The molecule has 1 aromatic carbocycles. The molecule has 10 heteroatoms. The van der Waals surface area contributed by atoms with Crippen molar-refractivity contribution in [2.45, 2.75) is 38.1 Å². The molecule has 1 aliphatic heterocycles. The van der Waals surface area contributed by atoms with Gasteiger partial charge < -0.3 is 15.4 Å². The SMILES string of the molecule is O=C(CC1CCCO1)Nc1cnn(CC(=O)Nc2cccc(C(F)(F)F)c2)c1. The standard InChI is InChI=1S/C18H19F3N4O3/c19-18(20,21)12-3-1-4-13(7-12)23-17(27)11-25-10-14(9-22-25)24-16(26)8-15-5-2-6-28-15/h1,3-4,7,9-10,15H,2,5-6,8,11H2,(H,23,27)(H,24,26). The minimum absolute atomic E-state index is 0.0390. The average Bonchev–Trinajstić information content (AvgIpc) is 3.26. The molecule has 1 saturated heterocycles. The summed E-state index contributed by atoms with van der Waals surface area (Å²) in [5, 5.41) is 9.04. The van der Waals surface area contributed by atoms with Crippen molar-refractivity contribution in [2.75, 3.05) is 17.2 Å². The Labute approximate surface area is 158 Å². The molecule has 28 heavy (non-hydrogen) atoms. The Morgan fingerprint density at radius 1 is 1.21 bits per heavy atom. The van der Waals surface area contributed by atoms with Crippen LogP contribution in [0.5, 0.6) is 0 Å². The lowest BCUT2D eigenvalue weighted by Crippen LogP contribution is -2.20. The maximum Gasteiger partial charge on any atom is 0.416 e. The van der Waals surface area contributed by atoms with E-state index in [1.807, 2.05) is 0 Å². The van der Waals surface area contributed by atoms with Crippen molar-refractivity contribution in [1.29, 1.82) is 0 Å². The maximum atomic E-state index is 12.7. The van der Waals surface area contributed by atoms with Crippen molar-refractivity contribution in [3.05, 3.63) is 42.2 Å². The third-order valence-corrected chi connectivity index (χ3v) is 4.13. The zero-order valence-electron chi connectivity index (χ0n) is 14.8. The summed E-state index contributed by atoms with van der Waals surface area (Å²) in [5.74, 6) is -0.750. The number of rotatable bonds is 6. The van der Waals surface area contributed by atoms with Crippen molar-refractivity contribution < 1.29 is 27.5 Å². The summed E-state index contributed by atoms with van der Waals surface area (Å²) in [6.07, 6.45) is 0.345. The molecule has 2 amide bonds. The molecule has 1 atom stereocenters. The fraction of sp³-hybridized carbons (Fsp3) is 0.389. The van der Waals surface area contributed by atoms with Gasteiger partial charge in [-0.05, 0) is 31.0 Å². The van der Waals surface area contributed by atoms with Gasteiger partial charge >= 0.3 is 6.18 Å². The Bertz CT molecular complexity index is 845. The number of nitrogens with zero attached hydrogens (tertiary/aromatic N) is 2. The number of alkyl halides is 3. The second-order valence-electron chi connectivity index (χ2n) is 6.44. The molecular formula is C18H19F3N4O3. The monoisotopic (exact) mass is 396 g/mol. The molecule has 0 bridgehead atoms. The number of carbonyl (C=O) groups is 2. The molecule has 0 radical (unpaired) electrons. The molecule has 1 unspecified atom stereocenters. The highest BCUT2D eigenvalue weighted by Crippen LogP contribution is 2.30. The van der Waals surface area contributed by atoms with Gasteiger partial charge in [0.05, 0.1) is 30.0 Å². The molecule has 2 N–H and O–H groups in total. The van der Waals surface area contributed by atoms with Crippen LogP contribution in [0.4, 0.5) is 24.5 Å². The second kappa shape index (κ2) is 8.42. The minimum atomic E-state index is -4.49. The van der Waals surface area contributed by atoms with Gasteiger partial charge in [0.15, 0.2) is 0 Å². The number of carbonyl (C=O) groups excluding carboxylic acids is 2. The summed E-state index contributed by atoms with van der Waals surface area (Å²) in [5.41, 5.74) is -0.382. The van der Waals surface area contributed by atoms with Crippen molar-refractivity contribution >= 4 is 23.2 Å². The predicted octanol–water partition coefficient (Wildman–Crippen LogP) is 3.05. The number of anilines is 2. The van der Waals surface area contributed by atoms with E-state index in [2.05, 4.69) is 15.7 Å². The van der Waals surface area contributed by atoms with Crippen LogP contribution in [0.1, 0.15) is 24.8 Å². The number of nitrogens with one attached hydrogen (secondary N) is 2. The van der Waals surface area contributed by atoms with Gasteiger partial charge in [-0.3, -0.25) is 14.3 Å². The van der Waals surface area contributed by atoms with Crippen molar-refractivity contribution in [1.82, 2.24) is 9.78 Å². The lowest BCUT2D eigenvalue weighted by atomic mass is 10.2. The first kappa shape index (κ1) is 19.9. The highest BCUT2D eigenvalue weighted by Gasteiger charge is 2.30. The third kappa shape index (κ3) is 5.56. The molecule has 0 aliphatic carbocycles. The van der Waals surface area contributed by atoms with Gasteiger partial charge in [0.2, 0.25) is 11.8 Å². The first-order valence-corrected chi connectivity index (χ1v) is 8.70. The third-order valence-electron chi connectivity index (χ3n) is 4.13. The van der Waals surface area contributed by atoms with Gasteiger partial charge in [0.25, 0.3) is 0 Å². The van der Waals surface area contributed by atoms with Gasteiger partial charge in [-0.1, -0.05) is 6.07 Å². The van der Waals surface area contributed by atoms with E-state index >= 15 is 0 Å². The summed E-state index contributed by atoms with van der Waals surface area (Å²) >= 11 is 0. The van der Waals surface area contributed by atoms with Gasteiger partial charge in [-0.15, -0.1) is 0 Å². The fourth-order valence-corrected chi connectivity index (χ4v) is 2.86. The van der Waals surface area contributed by atoms with Gasteiger partial charge in [-0.25, -0.2) is 0 Å². The van der Waals surface area contributed by atoms with E-state index in [9.17, 15) is 22.8 Å². The summed E-state index contributed by atoms with van der Waals surface area (Å²) in [7, 11) is 0. The highest BCUT2D eigenvalue weighted by atomic mass is 19.4. The zero-order chi connectivity index (χ0) is 20.1. The van der Waals surface area contributed by atoms with Crippen LogP contribution in [0.3, 0.4) is 0 Å². The number of aromatic nitrogens is 2. The molecule has 1 fully saturated rings. The summed E-state index contributed by atoms with van der Waals surface area (Å²) in [6.45, 7) is 0.453. The number of ether oxygens (including phenoxy) is 1. The topological polar surface area (TPSA) is 85.2 Å². The van der Waals surface area contributed by atoms with Crippen LogP contribution in [0.2, 0.25) is 0 Å². The number of halogens is 3. The predicted molar refractivity (Wildman–Crippen MR) is 94.5 cm³/mol. The maximum absolute atomic E-state index is 12.7. The smallest absolute Gasteiger partial charge is 0.378 e. The highest BCUT2D eigenvalue weighted by molar-refractivity contribution is 5.91. The van der Waals surface area contributed by atoms with E-state index < -0.39 is 17.6 Å². The van der Waals surface area contributed by atoms with Crippen molar-refractivity contribution in [2.24, 2.45) is 0 Å². The number of amides is 2. The summed E-state index contributed by atoms with van der Waals surface area (Å²) in [6, 6.07) is 4.37. The number of hydrogen-bond acceptors (Lipinski definition) is 4. The molecule has 7 nitrogen and oxygen atoms in total. The van der Waals surface area contributed by atoms with Crippen LogP contribution in [0, 0.1) is 0 Å². The average molecular weight is 396 g/mol. The number of hydrogen-bond donors (Lipinski definition) is 2. The summed E-state index contributed by atoms with van der Waals surface area (Å²) < 4.78 is 44.8. The molecule has 0 spiro atoms. The molecule has 3 rings (SSSR count). The fourth-order valence-electron chi connectivity index (χ4n) is 2.86. The van der Waals surface area contributed by atoms with Crippen LogP contribution in [0.15, 0.2) is 36.7 Å². The largest absolute Gasteiger partial charge is 0.416 e. The van der Waals surface area contributed by atoms with E-state index in [0.29, 0.717) is 12.3 Å². The lowest BCUT2D eigenvalue weighted by Gasteiger charge is -2.10. The second-order valence-corrected chi connectivity index (χ2v) is 6.44. The van der Waals surface area contributed by atoms with Crippen LogP contribution in [0.25, 0.3) is 0 Å². The molecule has 2 aromatic rings. The lowest BCUT2D eigenvalue weighted by molar-refractivity contribution is -0.137. The Morgan fingerprint density at radius 3 is 2.71 bits per heavy atom. The Hall–Kier alpha value is -2.88. The van der Waals surface area contributed by atoms with E-state index in [-0.39, 0.29) is 30.7 Å². The van der Waals surface area contributed by atoms with Gasteiger partial charge in [0, 0.05) is 18.5 Å². The van der Waals surface area contributed by atoms with Gasteiger partial charge in [-0.2, -0.15) is 18.3 Å². The van der Waals surface area contributed by atoms with Crippen LogP contribution in [-0.4, -0.2) is 34.3 Å². The van der Waals surface area contributed by atoms with Crippen LogP contribution >= 0.6 is 0 Å². The molecule has 150 valence electrons. The quantitative estimate of drug-likeness (QED) is 0.786. The number of benzene rings is 1. The Morgan fingerprint density at radius 2 is 2.00 bits per heavy atom. The molecule has 1 aliphatic rings. The first-order valence-electron chi connectivity index (χ1n) is 8.70. The van der Waals surface area contributed by atoms with E-state index in [0.717, 1.165) is 25.0 Å². The molecule has 0 saturated carbocycles. The molecular weight excluding hydrogens is 377 g/mol. The minimum Gasteiger partial charge on any atom is -0.378 e. The molecule has 1 aromatic heterocycles. The Kier molecular flexibility index (Phi) is 5.98. The van der Waals surface area contributed by atoms with Crippen molar-refractivity contribution in [3.63, 3.8) is 0 Å². The van der Waals surface area contributed by atoms with Crippen molar-refractivity contribution in [3.8, 4) is 0 Å². The van der Waals surface area contributed by atoms with E-state index in [1.54, 1.807) is 0 Å². The first-order chi connectivity index (χ1) is 13.3.